The van der Waals surface area contributed by atoms with Gasteiger partial charge in [-0.1, -0.05) is 22.6 Å². The molecule has 2 rings (SSSR count). The van der Waals surface area contributed by atoms with Gasteiger partial charge in [0.05, 0.1) is 30.9 Å². The van der Waals surface area contributed by atoms with E-state index in [4.69, 9.17) is 5.11 Å². The number of hydrogen-bond acceptors (Lipinski definition) is 4. The standard InChI is InChI=1S/C8H14INO3/c9-4-1-2-10-5(3-11)7(12)8(13)6(4)10/h4-8,11-13H,1-3H2/t4-,5+,6+,7+,8+/m1/s1. The first kappa shape index (κ1) is 10.1. The van der Waals surface area contributed by atoms with Crippen molar-refractivity contribution in [3.05, 3.63) is 0 Å². The summed E-state index contributed by atoms with van der Waals surface area (Å²) in [4.78, 5) is 2.03. The maximum atomic E-state index is 9.73. The summed E-state index contributed by atoms with van der Waals surface area (Å²) in [7, 11) is 0. The Hall–Kier alpha value is 0.570. The zero-order valence-electron chi connectivity index (χ0n) is 7.17. The SMILES string of the molecule is OC[C@H]1[C@H](O)[C@@H](O)[C@@H]2[C@H](I)CCN21. The minimum atomic E-state index is -0.785. The first-order valence-electron chi connectivity index (χ1n) is 4.53. The van der Waals surface area contributed by atoms with Crippen molar-refractivity contribution >= 4 is 22.6 Å². The van der Waals surface area contributed by atoms with Gasteiger partial charge in [0.15, 0.2) is 0 Å². The van der Waals surface area contributed by atoms with E-state index in [1.54, 1.807) is 0 Å². The topological polar surface area (TPSA) is 63.9 Å². The fourth-order valence-corrected chi connectivity index (χ4v) is 3.55. The highest BCUT2D eigenvalue weighted by molar-refractivity contribution is 14.1. The van der Waals surface area contributed by atoms with Gasteiger partial charge in [-0.2, -0.15) is 0 Å². The van der Waals surface area contributed by atoms with Gasteiger partial charge in [0.2, 0.25) is 0 Å². The summed E-state index contributed by atoms with van der Waals surface area (Å²) in [5.74, 6) is 0. The lowest BCUT2D eigenvalue weighted by Crippen LogP contribution is -2.39. The minimum Gasteiger partial charge on any atom is -0.395 e. The Balaban J connectivity index is 2.19. The van der Waals surface area contributed by atoms with Gasteiger partial charge in [-0.05, 0) is 6.42 Å². The van der Waals surface area contributed by atoms with Crippen LogP contribution in [0.25, 0.3) is 0 Å². The summed E-state index contributed by atoms with van der Waals surface area (Å²) < 4.78 is 0.388. The predicted molar refractivity (Wildman–Crippen MR) is 55.8 cm³/mol. The molecule has 0 radical (unpaired) electrons. The van der Waals surface area contributed by atoms with Crippen LogP contribution in [0.2, 0.25) is 0 Å². The first-order chi connectivity index (χ1) is 6.16. The van der Waals surface area contributed by atoms with Crippen molar-refractivity contribution in [2.24, 2.45) is 0 Å². The van der Waals surface area contributed by atoms with E-state index in [0.717, 1.165) is 13.0 Å². The largest absolute Gasteiger partial charge is 0.395 e. The molecule has 0 aromatic heterocycles. The molecule has 2 aliphatic rings. The Morgan fingerprint density at radius 3 is 2.62 bits per heavy atom. The number of rotatable bonds is 1. The predicted octanol–water partition coefficient (Wildman–Crippen LogP) is -1.04. The van der Waals surface area contributed by atoms with Crippen LogP contribution < -0.4 is 0 Å². The highest BCUT2D eigenvalue weighted by Gasteiger charge is 2.52. The average molecular weight is 299 g/mol. The Morgan fingerprint density at radius 2 is 2.00 bits per heavy atom. The zero-order chi connectivity index (χ0) is 9.59. The Labute approximate surface area is 90.7 Å². The van der Waals surface area contributed by atoms with Crippen LogP contribution >= 0.6 is 22.6 Å². The zero-order valence-corrected chi connectivity index (χ0v) is 9.33. The van der Waals surface area contributed by atoms with Gasteiger partial charge in [0, 0.05) is 10.5 Å². The maximum absolute atomic E-state index is 9.73. The molecule has 2 heterocycles. The highest BCUT2D eigenvalue weighted by Crippen LogP contribution is 2.36. The number of hydrogen-bond donors (Lipinski definition) is 3. The third-order valence-electron chi connectivity index (χ3n) is 3.12. The summed E-state index contributed by atoms with van der Waals surface area (Å²) in [6, 6.07) is -0.229. The second kappa shape index (κ2) is 3.62. The van der Waals surface area contributed by atoms with Gasteiger partial charge >= 0.3 is 0 Å². The van der Waals surface area contributed by atoms with E-state index in [-0.39, 0.29) is 18.7 Å². The number of nitrogens with zero attached hydrogens (tertiary/aromatic N) is 1. The average Bonchev–Trinajstić information content (AvgIpc) is 2.57. The van der Waals surface area contributed by atoms with E-state index in [0.29, 0.717) is 3.92 Å². The van der Waals surface area contributed by atoms with Crippen molar-refractivity contribution in [2.75, 3.05) is 13.2 Å². The molecule has 0 unspecified atom stereocenters. The molecular formula is C8H14INO3. The summed E-state index contributed by atoms with van der Waals surface area (Å²) in [6.45, 7) is 0.801. The van der Waals surface area contributed by atoms with Crippen LogP contribution in [0.4, 0.5) is 0 Å². The molecule has 0 saturated carbocycles. The summed E-state index contributed by atoms with van der Waals surface area (Å²) in [6.07, 6.45) is -0.444. The van der Waals surface area contributed by atoms with E-state index >= 15 is 0 Å². The van der Waals surface area contributed by atoms with E-state index in [1.165, 1.54) is 0 Å². The molecule has 5 heteroatoms. The van der Waals surface area contributed by atoms with Gasteiger partial charge in [-0.25, -0.2) is 0 Å². The lowest BCUT2D eigenvalue weighted by Gasteiger charge is -2.22. The third-order valence-corrected chi connectivity index (χ3v) is 4.48. The van der Waals surface area contributed by atoms with E-state index in [2.05, 4.69) is 22.6 Å². The fraction of sp³-hybridized carbons (Fsp3) is 1.00. The molecule has 5 atom stereocenters. The van der Waals surface area contributed by atoms with Crippen molar-refractivity contribution in [2.45, 2.75) is 34.6 Å². The number of fused-ring (bicyclic) bond motifs is 1. The summed E-state index contributed by atoms with van der Waals surface area (Å²) in [5.41, 5.74) is 0. The van der Waals surface area contributed by atoms with Gasteiger partial charge < -0.3 is 15.3 Å². The van der Waals surface area contributed by atoms with Gasteiger partial charge in [0.1, 0.15) is 0 Å². The Bertz CT molecular complexity index is 204. The number of halogens is 1. The van der Waals surface area contributed by atoms with Crippen molar-refractivity contribution in [3.8, 4) is 0 Å². The quantitative estimate of drug-likeness (QED) is 0.427. The minimum absolute atomic E-state index is 0.0350. The van der Waals surface area contributed by atoms with Crippen LogP contribution in [0.5, 0.6) is 0 Å². The molecule has 0 aromatic carbocycles. The molecule has 76 valence electrons. The molecule has 0 aliphatic carbocycles. The second-order valence-corrected chi connectivity index (χ2v) is 5.36. The number of aliphatic hydroxyl groups is 3. The van der Waals surface area contributed by atoms with Crippen molar-refractivity contribution in [3.63, 3.8) is 0 Å². The van der Waals surface area contributed by atoms with E-state index < -0.39 is 12.2 Å². The summed E-state index contributed by atoms with van der Waals surface area (Å²) >= 11 is 2.31. The molecule has 0 bridgehead atoms. The van der Waals surface area contributed by atoms with Crippen LogP contribution in [0, 0.1) is 0 Å². The molecule has 2 aliphatic heterocycles. The number of alkyl halides is 1. The molecular weight excluding hydrogens is 285 g/mol. The molecule has 3 N–H and O–H groups in total. The summed E-state index contributed by atoms with van der Waals surface area (Å²) in [5, 5.41) is 28.4. The van der Waals surface area contributed by atoms with E-state index in [9.17, 15) is 10.2 Å². The number of aliphatic hydroxyl groups excluding tert-OH is 3. The normalized spacial score (nSPS) is 51.2. The molecule has 4 nitrogen and oxygen atoms in total. The molecule has 2 fully saturated rings. The van der Waals surface area contributed by atoms with Crippen LogP contribution in [0.15, 0.2) is 0 Å². The second-order valence-electron chi connectivity index (χ2n) is 3.76. The third kappa shape index (κ3) is 1.41. The van der Waals surface area contributed by atoms with Gasteiger partial charge in [0.25, 0.3) is 0 Å². The maximum Gasteiger partial charge on any atom is 0.0992 e. The van der Waals surface area contributed by atoms with Crippen LogP contribution in [-0.2, 0) is 0 Å². The van der Waals surface area contributed by atoms with Crippen molar-refractivity contribution < 1.29 is 15.3 Å². The van der Waals surface area contributed by atoms with Crippen LogP contribution in [-0.4, -0.2) is 61.6 Å². The highest BCUT2D eigenvalue weighted by atomic mass is 127. The Morgan fingerprint density at radius 1 is 1.31 bits per heavy atom. The monoisotopic (exact) mass is 299 g/mol. The van der Waals surface area contributed by atoms with E-state index in [1.807, 2.05) is 4.90 Å². The first-order valence-corrected chi connectivity index (χ1v) is 5.78. The lowest BCUT2D eigenvalue weighted by molar-refractivity contribution is 0.0161. The van der Waals surface area contributed by atoms with Crippen molar-refractivity contribution in [1.82, 2.24) is 4.90 Å². The molecule has 2 saturated heterocycles. The van der Waals surface area contributed by atoms with Gasteiger partial charge in [-0.15, -0.1) is 0 Å². The van der Waals surface area contributed by atoms with Crippen molar-refractivity contribution in [1.29, 1.82) is 0 Å². The van der Waals surface area contributed by atoms with Crippen LogP contribution in [0.3, 0.4) is 0 Å². The molecule has 13 heavy (non-hydrogen) atoms. The van der Waals surface area contributed by atoms with Gasteiger partial charge in [-0.3, -0.25) is 4.90 Å². The Kier molecular flexibility index (Phi) is 2.81. The fourth-order valence-electron chi connectivity index (χ4n) is 2.44. The molecule has 0 spiro atoms. The van der Waals surface area contributed by atoms with Crippen LogP contribution in [0.1, 0.15) is 6.42 Å². The molecule has 0 aromatic rings. The molecule has 0 amide bonds. The lowest BCUT2D eigenvalue weighted by atomic mass is 10.1. The smallest absolute Gasteiger partial charge is 0.0992 e.